The van der Waals surface area contributed by atoms with E-state index in [1.807, 2.05) is 32.0 Å². The smallest absolute Gasteiger partial charge is 0.257 e. The molecule has 0 saturated carbocycles. The molecule has 1 aromatic heterocycles. The van der Waals surface area contributed by atoms with Gasteiger partial charge in [0.1, 0.15) is 5.82 Å². The normalized spacial score (nSPS) is 14.7. The van der Waals surface area contributed by atoms with Crippen LogP contribution >= 0.6 is 11.8 Å². The van der Waals surface area contributed by atoms with Crippen LogP contribution in [0.2, 0.25) is 0 Å². The van der Waals surface area contributed by atoms with E-state index in [4.69, 9.17) is 15.2 Å². The molecule has 0 fully saturated rings. The Hall–Kier alpha value is -3.79. The molecule has 0 aliphatic carbocycles. The van der Waals surface area contributed by atoms with Crippen LogP contribution in [0.3, 0.4) is 0 Å². The highest BCUT2D eigenvalue weighted by Crippen LogP contribution is 2.38. The van der Waals surface area contributed by atoms with Gasteiger partial charge in [0.2, 0.25) is 5.91 Å². The maximum absolute atomic E-state index is 13.1. The Morgan fingerprint density at radius 2 is 2.00 bits per heavy atom. The zero-order chi connectivity index (χ0) is 24.9. The summed E-state index contributed by atoms with van der Waals surface area (Å²) >= 11 is 1.39. The number of carbonyl (C=O) groups excluding carboxylic acids is 2. The van der Waals surface area contributed by atoms with Crippen molar-refractivity contribution in [2.24, 2.45) is 5.73 Å². The molecule has 4 N–H and O–H groups in total. The second kappa shape index (κ2) is 10.6. The van der Waals surface area contributed by atoms with E-state index in [-0.39, 0.29) is 30.3 Å². The molecule has 0 spiro atoms. The number of primary amides is 1. The summed E-state index contributed by atoms with van der Waals surface area (Å²) < 4.78 is 11.1. The lowest BCUT2D eigenvalue weighted by Crippen LogP contribution is -2.31. The maximum atomic E-state index is 13.1. The van der Waals surface area contributed by atoms with Crippen molar-refractivity contribution in [1.82, 2.24) is 9.97 Å². The molecule has 9 nitrogen and oxygen atoms in total. The first-order valence-corrected chi connectivity index (χ1v) is 12.1. The molecule has 182 valence electrons. The van der Waals surface area contributed by atoms with Crippen LogP contribution in [0.25, 0.3) is 0 Å². The van der Waals surface area contributed by atoms with Crippen LogP contribution in [-0.2, 0) is 15.3 Å². The Morgan fingerprint density at radius 3 is 2.74 bits per heavy atom. The minimum absolute atomic E-state index is 0.0839. The van der Waals surface area contributed by atoms with E-state index >= 15 is 0 Å². The van der Waals surface area contributed by atoms with Gasteiger partial charge in [-0.1, -0.05) is 47.7 Å². The van der Waals surface area contributed by atoms with E-state index in [9.17, 15) is 14.4 Å². The molecule has 3 aromatic rings. The third-order valence-corrected chi connectivity index (χ3v) is 6.37. The zero-order valence-corrected chi connectivity index (χ0v) is 20.2. The number of nitrogens with zero attached hydrogens (tertiary/aromatic N) is 1. The number of fused-ring (bicyclic) bond motifs is 1. The minimum atomic E-state index is -0.608. The summed E-state index contributed by atoms with van der Waals surface area (Å²) in [5.41, 5.74) is 8.22. The first kappa shape index (κ1) is 24.3. The van der Waals surface area contributed by atoms with Crippen molar-refractivity contribution in [3.63, 3.8) is 0 Å². The van der Waals surface area contributed by atoms with Gasteiger partial charge in [0, 0.05) is 18.1 Å². The number of nitrogens with one attached hydrogen (secondary N) is 2. The number of aryl methyl sites for hydroxylation is 1. The lowest BCUT2D eigenvalue weighted by atomic mass is 9.86. The summed E-state index contributed by atoms with van der Waals surface area (Å²) in [6.07, 6.45) is 0.0839. The zero-order valence-electron chi connectivity index (χ0n) is 19.4. The minimum Gasteiger partial charge on any atom is -0.490 e. The van der Waals surface area contributed by atoms with Crippen LogP contribution in [0, 0.1) is 6.92 Å². The molecule has 2 amide bonds. The monoisotopic (exact) mass is 494 g/mol. The predicted octanol–water partition coefficient (Wildman–Crippen LogP) is 3.11. The van der Waals surface area contributed by atoms with E-state index < -0.39 is 11.8 Å². The summed E-state index contributed by atoms with van der Waals surface area (Å²) in [5, 5.41) is 3.17. The fourth-order valence-corrected chi connectivity index (χ4v) is 4.74. The molecule has 1 unspecified atom stereocenters. The van der Waals surface area contributed by atoms with Crippen LogP contribution in [0.5, 0.6) is 11.5 Å². The van der Waals surface area contributed by atoms with Crippen molar-refractivity contribution < 1.29 is 19.1 Å². The number of hydrogen-bond acceptors (Lipinski definition) is 7. The number of H-pyrrole nitrogens is 1. The molecule has 2 aromatic carbocycles. The van der Waals surface area contributed by atoms with Crippen LogP contribution in [0.4, 0.5) is 5.82 Å². The number of aromatic amines is 1. The van der Waals surface area contributed by atoms with Crippen LogP contribution in [-0.4, -0.2) is 35.0 Å². The quantitative estimate of drug-likeness (QED) is 0.307. The Labute approximate surface area is 206 Å². The van der Waals surface area contributed by atoms with Gasteiger partial charge in [0.25, 0.3) is 11.5 Å². The first-order chi connectivity index (χ1) is 16.8. The SMILES string of the molecule is CCOc1cc(C2CC(=O)Nc3nc(SCc4cccc(C)c4)[nH]c(=O)c32)ccc1OCC(N)=O. The topological polar surface area (TPSA) is 136 Å². The van der Waals surface area contributed by atoms with Gasteiger partial charge < -0.3 is 25.5 Å². The Kier molecular flexibility index (Phi) is 7.40. The summed E-state index contributed by atoms with van der Waals surface area (Å²) in [6, 6.07) is 13.2. The number of benzene rings is 2. The van der Waals surface area contributed by atoms with Gasteiger partial charge in [0.05, 0.1) is 12.2 Å². The number of ether oxygens (including phenoxy) is 2. The summed E-state index contributed by atoms with van der Waals surface area (Å²) in [5.74, 6) is 0.276. The summed E-state index contributed by atoms with van der Waals surface area (Å²) in [4.78, 5) is 44.1. The number of carbonyl (C=O) groups is 2. The van der Waals surface area contributed by atoms with Crippen molar-refractivity contribution in [2.75, 3.05) is 18.5 Å². The Bertz CT molecular complexity index is 1320. The van der Waals surface area contributed by atoms with Crippen LogP contribution in [0.15, 0.2) is 52.4 Å². The number of amides is 2. The average Bonchev–Trinajstić information content (AvgIpc) is 2.81. The van der Waals surface area contributed by atoms with Gasteiger partial charge in [-0.15, -0.1) is 0 Å². The molecule has 0 radical (unpaired) electrons. The molecular weight excluding hydrogens is 468 g/mol. The second-order valence-corrected chi connectivity index (χ2v) is 9.07. The number of nitrogens with two attached hydrogens (primary N) is 1. The van der Waals surface area contributed by atoms with Crippen molar-refractivity contribution in [1.29, 1.82) is 0 Å². The second-order valence-electron chi connectivity index (χ2n) is 8.11. The Morgan fingerprint density at radius 1 is 1.17 bits per heavy atom. The molecule has 4 rings (SSSR count). The molecule has 1 aliphatic heterocycles. The molecule has 0 bridgehead atoms. The fourth-order valence-electron chi connectivity index (χ4n) is 3.94. The predicted molar refractivity (Wildman–Crippen MR) is 133 cm³/mol. The summed E-state index contributed by atoms with van der Waals surface area (Å²) in [7, 11) is 0. The largest absolute Gasteiger partial charge is 0.490 e. The number of rotatable bonds is 9. The molecule has 1 atom stereocenters. The average molecular weight is 495 g/mol. The van der Waals surface area contributed by atoms with Crippen molar-refractivity contribution in [2.45, 2.75) is 37.1 Å². The highest BCUT2D eigenvalue weighted by Gasteiger charge is 2.31. The van der Waals surface area contributed by atoms with E-state index in [1.165, 1.54) is 11.8 Å². The molecule has 2 heterocycles. The lowest BCUT2D eigenvalue weighted by molar-refractivity contribution is -0.120. The molecule has 10 heteroatoms. The van der Waals surface area contributed by atoms with E-state index in [0.717, 1.165) is 11.1 Å². The molecule has 0 saturated heterocycles. The van der Waals surface area contributed by atoms with Gasteiger partial charge in [-0.25, -0.2) is 4.98 Å². The van der Waals surface area contributed by atoms with Gasteiger partial charge in [-0.3, -0.25) is 14.4 Å². The number of aromatic nitrogens is 2. The van der Waals surface area contributed by atoms with E-state index in [2.05, 4.69) is 21.4 Å². The van der Waals surface area contributed by atoms with Gasteiger partial charge in [-0.05, 0) is 37.1 Å². The van der Waals surface area contributed by atoms with Crippen molar-refractivity contribution in [3.05, 3.63) is 75.1 Å². The highest BCUT2D eigenvalue weighted by atomic mass is 32.2. The van der Waals surface area contributed by atoms with Crippen molar-refractivity contribution in [3.8, 4) is 11.5 Å². The number of anilines is 1. The van der Waals surface area contributed by atoms with Crippen LogP contribution < -0.4 is 26.1 Å². The van der Waals surface area contributed by atoms with E-state index in [0.29, 0.717) is 40.1 Å². The van der Waals surface area contributed by atoms with Crippen LogP contribution in [0.1, 0.15) is 41.5 Å². The third kappa shape index (κ3) is 5.83. The Balaban J connectivity index is 1.64. The number of hydrogen-bond donors (Lipinski definition) is 3. The fraction of sp³-hybridized carbons (Fsp3) is 0.280. The van der Waals surface area contributed by atoms with Gasteiger partial charge >= 0.3 is 0 Å². The van der Waals surface area contributed by atoms with Crippen molar-refractivity contribution >= 4 is 29.4 Å². The lowest BCUT2D eigenvalue weighted by Gasteiger charge is -2.25. The highest BCUT2D eigenvalue weighted by molar-refractivity contribution is 7.98. The molecular formula is C25H26N4O5S. The molecule has 1 aliphatic rings. The van der Waals surface area contributed by atoms with E-state index in [1.54, 1.807) is 18.2 Å². The standard InChI is InChI=1S/C25H26N4O5S/c1-3-33-19-10-16(7-8-18(19)34-12-20(26)30)17-11-21(31)27-23-22(17)24(32)29-25(28-23)35-13-15-6-4-5-14(2)9-15/h4-10,17H,3,11-13H2,1-2H3,(H2,26,30)(H2,27,28,29,31,32). The first-order valence-electron chi connectivity index (χ1n) is 11.1. The van der Waals surface area contributed by atoms with Gasteiger partial charge in [0.15, 0.2) is 23.3 Å². The van der Waals surface area contributed by atoms with Gasteiger partial charge in [-0.2, -0.15) is 0 Å². The molecule has 35 heavy (non-hydrogen) atoms. The summed E-state index contributed by atoms with van der Waals surface area (Å²) in [6.45, 7) is 3.91. The maximum Gasteiger partial charge on any atom is 0.257 e. The number of thioether (sulfide) groups is 1. The third-order valence-electron chi connectivity index (χ3n) is 5.43.